The number of amides is 1. The Morgan fingerprint density at radius 2 is 2.07 bits per heavy atom. The molecule has 8 nitrogen and oxygen atoms in total. The summed E-state index contributed by atoms with van der Waals surface area (Å²) in [6.45, 7) is 0.748. The van der Waals surface area contributed by atoms with Crippen molar-refractivity contribution in [1.29, 1.82) is 0 Å². The Kier molecular flexibility index (Phi) is 4.72. The van der Waals surface area contributed by atoms with Gasteiger partial charge in [0.1, 0.15) is 12.2 Å². The number of nitrogens with one attached hydrogen (secondary N) is 1. The molecule has 1 unspecified atom stereocenters. The first-order valence-electron chi connectivity index (χ1n) is 9.01. The van der Waals surface area contributed by atoms with E-state index in [2.05, 4.69) is 25.0 Å². The molecule has 0 saturated heterocycles. The van der Waals surface area contributed by atoms with Crippen molar-refractivity contribution in [2.75, 3.05) is 0 Å². The smallest absolute Gasteiger partial charge is 0.289 e. The van der Waals surface area contributed by atoms with Gasteiger partial charge in [-0.2, -0.15) is 5.10 Å². The van der Waals surface area contributed by atoms with Crippen LogP contribution >= 0.6 is 0 Å². The predicted octanol–water partition coefficient (Wildman–Crippen LogP) is 1.25. The van der Waals surface area contributed by atoms with Crippen molar-refractivity contribution in [3.8, 4) is 11.4 Å². The molecular weight excluding hydrogens is 344 g/mol. The molecule has 0 spiro atoms. The first kappa shape index (κ1) is 17.4. The van der Waals surface area contributed by atoms with Gasteiger partial charge in [0.05, 0.1) is 12.1 Å². The van der Waals surface area contributed by atoms with Crippen LogP contribution in [-0.2, 0) is 13.6 Å². The van der Waals surface area contributed by atoms with Crippen molar-refractivity contribution in [3.63, 3.8) is 0 Å². The molecule has 1 saturated carbocycles. The molecule has 1 aliphatic carbocycles. The van der Waals surface area contributed by atoms with Crippen LogP contribution in [0.25, 0.3) is 11.4 Å². The first-order valence-corrected chi connectivity index (χ1v) is 9.01. The molecule has 4 rings (SSSR count). The van der Waals surface area contributed by atoms with Gasteiger partial charge in [-0.1, -0.05) is 30.3 Å². The maximum absolute atomic E-state index is 12.3. The zero-order chi connectivity index (χ0) is 18.8. The number of carbonyl (C=O) groups excluding carboxylic acids is 1. The van der Waals surface area contributed by atoms with E-state index in [1.165, 1.54) is 11.0 Å². The van der Waals surface area contributed by atoms with E-state index < -0.39 is 6.10 Å². The van der Waals surface area contributed by atoms with E-state index in [4.69, 9.17) is 0 Å². The third-order valence-corrected chi connectivity index (χ3v) is 5.06. The summed E-state index contributed by atoms with van der Waals surface area (Å²) in [7, 11) is 1.67. The molecule has 0 bridgehead atoms. The van der Waals surface area contributed by atoms with E-state index in [0.717, 1.165) is 17.9 Å². The summed E-state index contributed by atoms with van der Waals surface area (Å²) >= 11 is 0. The average molecular weight is 366 g/mol. The molecule has 0 radical (unpaired) electrons. The fraction of sp³-hybridized carbons (Fsp3) is 0.368. The van der Waals surface area contributed by atoms with Gasteiger partial charge in [-0.25, -0.2) is 14.6 Å². The number of rotatable bonds is 5. The summed E-state index contributed by atoms with van der Waals surface area (Å²) in [6, 6.07) is 9.74. The molecule has 0 aliphatic heterocycles. The van der Waals surface area contributed by atoms with Crippen LogP contribution in [0, 0.1) is 5.92 Å². The number of aromatic nitrogens is 5. The van der Waals surface area contributed by atoms with Crippen molar-refractivity contribution in [1.82, 2.24) is 29.6 Å². The second kappa shape index (κ2) is 7.32. The predicted molar refractivity (Wildman–Crippen MR) is 98.7 cm³/mol. The van der Waals surface area contributed by atoms with Gasteiger partial charge >= 0.3 is 0 Å². The van der Waals surface area contributed by atoms with E-state index in [1.807, 2.05) is 36.5 Å². The molecule has 27 heavy (non-hydrogen) atoms. The molecule has 2 heterocycles. The fourth-order valence-electron chi connectivity index (χ4n) is 3.74. The Morgan fingerprint density at radius 1 is 1.26 bits per heavy atom. The molecule has 1 fully saturated rings. The number of benzene rings is 1. The van der Waals surface area contributed by atoms with Crippen LogP contribution in [0.3, 0.4) is 0 Å². The number of nitrogens with zero attached hydrogens (tertiary/aromatic N) is 5. The molecule has 2 N–H and O–H groups in total. The Bertz CT molecular complexity index is 919. The van der Waals surface area contributed by atoms with E-state index in [-0.39, 0.29) is 23.7 Å². The Morgan fingerprint density at radius 3 is 2.81 bits per heavy atom. The van der Waals surface area contributed by atoms with Crippen LogP contribution in [0.2, 0.25) is 0 Å². The minimum absolute atomic E-state index is 0.242. The summed E-state index contributed by atoms with van der Waals surface area (Å²) in [6.07, 6.45) is 5.86. The van der Waals surface area contributed by atoms with E-state index in [0.29, 0.717) is 12.8 Å². The highest BCUT2D eigenvalue weighted by molar-refractivity contribution is 5.90. The number of aryl methyl sites for hydroxylation is 1. The maximum Gasteiger partial charge on any atom is 0.289 e. The Labute approximate surface area is 156 Å². The van der Waals surface area contributed by atoms with Crippen LogP contribution in [0.4, 0.5) is 0 Å². The van der Waals surface area contributed by atoms with Gasteiger partial charge in [0.2, 0.25) is 5.82 Å². The van der Waals surface area contributed by atoms with E-state index >= 15 is 0 Å². The van der Waals surface area contributed by atoms with Gasteiger partial charge in [0.15, 0.2) is 0 Å². The summed E-state index contributed by atoms with van der Waals surface area (Å²) in [4.78, 5) is 20.8. The standard InChI is InChI=1S/C19H22N6O2/c1-24-18(21-12-22-24)19(27)23-15-9-13(10-16(15)26)11-25-8-7-20-17(25)14-5-3-2-4-6-14/h2-8,12-13,15-16,26H,9-11H2,1H3,(H,23,27)/t13?,15-,16-/m1/s1. The highest BCUT2D eigenvalue weighted by Crippen LogP contribution is 2.29. The topological polar surface area (TPSA) is 97.9 Å². The monoisotopic (exact) mass is 366 g/mol. The van der Waals surface area contributed by atoms with Gasteiger partial charge in [-0.05, 0) is 18.8 Å². The minimum Gasteiger partial charge on any atom is -0.391 e. The Hall–Kier alpha value is -3.00. The lowest BCUT2D eigenvalue weighted by Crippen LogP contribution is -2.40. The zero-order valence-electron chi connectivity index (χ0n) is 15.1. The normalized spacial score (nSPS) is 22.1. The minimum atomic E-state index is -0.573. The van der Waals surface area contributed by atoms with Gasteiger partial charge in [-0.15, -0.1) is 0 Å². The van der Waals surface area contributed by atoms with Gasteiger partial charge in [0, 0.05) is 31.5 Å². The van der Waals surface area contributed by atoms with Crippen LogP contribution < -0.4 is 5.32 Å². The molecule has 140 valence electrons. The quantitative estimate of drug-likeness (QED) is 0.708. The lowest BCUT2D eigenvalue weighted by atomic mass is 10.1. The number of imidazole rings is 1. The maximum atomic E-state index is 12.3. The van der Waals surface area contributed by atoms with E-state index in [9.17, 15) is 9.90 Å². The van der Waals surface area contributed by atoms with Gasteiger partial charge in [-0.3, -0.25) is 4.79 Å². The molecule has 3 atom stereocenters. The molecule has 1 amide bonds. The third-order valence-electron chi connectivity index (χ3n) is 5.06. The third kappa shape index (κ3) is 3.61. The average Bonchev–Trinajstić information content (AvgIpc) is 3.37. The second-order valence-electron chi connectivity index (χ2n) is 6.96. The van der Waals surface area contributed by atoms with Crippen LogP contribution in [0.5, 0.6) is 0 Å². The number of carbonyl (C=O) groups is 1. The number of aliphatic hydroxyl groups is 1. The van der Waals surface area contributed by atoms with E-state index in [1.54, 1.807) is 13.2 Å². The molecule has 1 aliphatic rings. The van der Waals surface area contributed by atoms with Crippen LogP contribution in [0.1, 0.15) is 23.5 Å². The van der Waals surface area contributed by atoms with Crippen LogP contribution in [-0.4, -0.2) is 47.5 Å². The second-order valence-corrected chi connectivity index (χ2v) is 6.96. The van der Waals surface area contributed by atoms with Crippen molar-refractivity contribution in [2.24, 2.45) is 13.0 Å². The lowest BCUT2D eigenvalue weighted by Gasteiger charge is -2.16. The van der Waals surface area contributed by atoms with Crippen molar-refractivity contribution in [3.05, 3.63) is 54.9 Å². The lowest BCUT2D eigenvalue weighted by molar-refractivity contribution is 0.0858. The number of hydrogen-bond donors (Lipinski definition) is 2. The highest BCUT2D eigenvalue weighted by atomic mass is 16.3. The molecule has 1 aromatic carbocycles. The SMILES string of the molecule is Cn1ncnc1C(=O)N[C@@H]1CC(Cn2ccnc2-c2ccccc2)C[C@H]1O. The van der Waals surface area contributed by atoms with Crippen molar-refractivity contribution >= 4 is 5.91 Å². The first-order chi connectivity index (χ1) is 13.1. The highest BCUT2D eigenvalue weighted by Gasteiger charge is 2.35. The number of hydrogen-bond acceptors (Lipinski definition) is 5. The molecule has 3 aromatic rings. The summed E-state index contributed by atoms with van der Waals surface area (Å²) < 4.78 is 3.53. The summed E-state index contributed by atoms with van der Waals surface area (Å²) in [5.41, 5.74) is 1.06. The largest absolute Gasteiger partial charge is 0.391 e. The zero-order valence-corrected chi connectivity index (χ0v) is 15.1. The summed E-state index contributed by atoms with van der Waals surface area (Å²) in [5, 5.41) is 17.2. The van der Waals surface area contributed by atoms with Crippen molar-refractivity contribution < 1.29 is 9.90 Å². The molecule has 2 aromatic heterocycles. The van der Waals surface area contributed by atoms with Crippen molar-refractivity contribution in [2.45, 2.75) is 31.5 Å². The summed E-state index contributed by atoms with van der Waals surface area (Å²) in [5.74, 6) is 1.09. The molecular formula is C19H22N6O2. The van der Waals surface area contributed by atoms with Crippen LogP contribution in [0.15, 0.2) is 49.1 Å². The Balaban J connectivity index is 1.42. The fourth-order valence-corrected chi connectivity index (χ4v) is 3.74. The van der Waals surface area contributed by atoms with Gasteiger partial charge < -0.3 is 15.0 Å². The molecule has 8 heteroatoms. The number of aliphatic hydroxyl groups excluding tert-OH is 1. The van der Waals surface area contributed by atoms with Gasteiger partial charge in [0.25, 0.3) is 5.91 Å².